The summed E-state index contributed by atoms with van der Waals surface area (Å²) in [7, 11) is 1.91. The fourth-order valence-corrected chi connectivity index (χ4v) is 1.99. The van der Waals surface area contributed by atoms with Gasteiger partial charge in [-0.05, 0) is 25.5 Å². The van der Waals surface area contributed by atoms with E-state index in [-0.39, 0.29) is 6.04 Å². The average Bonchev–Trinajstić information content (AvgIpc) is 2.86. The monoisotopic (exact) mass is 275 g/mol. The van der Waals surface area contributed by atoms with Crippen LogP contribution in [0.5, 0.6) is 5.75 Å². The fourth-order valence-electron chi connectivity index (χ4n) is 1.99. The highest BCUT2D eigenvalue weighted by Gasteiger charge is 2.13. The van der Waals surface area contributed by atoms with Gasteiger partial charge in [-0.3, -0.25) is 0 Å². The highest BCUT2D eigenvalue weighted by molar-refractivity contribution is 5.73. The third-order valence-corrected chi connectivity index (χ3v) is 3.03. The number of nitrogens with one attached hydrogen (secondary N) is 1. The minimum Gasteiger partial charge on any atom is -0.491 e. The molecule has 1 unspecified atom stereocenters. The third kappa shape index (κ3) is 3.01. The predicted octanol–water partition coefficient (Wildman–Crippen LogP) is 2.36. The normalized spacial score (nSPS) is 12.2. The summed E-state index contributed by atoms with van der Waals surface area (Å²) in [5, 5.41) is 11.3. The first-order valence-electron chi connectivity index (χ1n) is 6.75. The van der Waals surface area contributed by atoms with Crippen LogP contribution in [0.4, 0.5) is 11.4 Å². The van der Waals surface area contributed by atoms with E-state index >= 15 is 0 Å². The summed E-state index contributed by atoms with van der Waals surface area (Å²) in [5.74, 6) is 1.56. The molecule has 0 fully saturated rings. The van der Waals surface area contributed by atoms with Gasteiger partial charge in [0.25, 0.3) is 0 Å². The van der Waals surface area contributed by atoms with Crippen LogP contribution >= 0.6 is 0 Å². The van der Waals surface area contributed by atoms with E-state index in [0.29, 0.717) is 18.0 Å². The number of nitrogens with zero attached hydrogens (tertiary/aromatic N) is 3. The Hall–Kier alpha value is -2.24. The zero-order valence-corrected chi connectivity index (χ0v) is 12.1. The van der Waals surface area contributed by atoms with Crippen molar-refractivity contribution in [2.75, 3.05) is 17.7 Å². The van der Waals surface area contributed by atoms with Crippen LogP contribution in [0.1, 0.15) is 32.1 Å². The Morgan fingerprint density at radius 2 is 2.25 bits per heavy atom. The molecule has 1 aromatic carbocycles. The summed E-state index contributed by atoms with van der Waals surface area (Å²) in [6, 6.07) is 5.74. The van der Waals surface area contributed by atoms with Gasteiger partial charge < -0.3 is 20.4 Å². The lowest BCUT2D eigenvalue weighted by Crippen LogP contribution is -2.13. The predicted molar refractivity (Wildman–Crippen MR) is 79.7 cm³/mol. The van der Waals surface area contributed by atoms with Crippen LogP contribution < -0.4 is 15.8 Å². The first-order chi connectivity index (χ1) is 9.63. The molecule has 0 radical (unpaired) electrons. The van der Waals surface area contributed by atoms with Crippen molar-refractivity contribution in [1.82, 2.24) is 14.8 Å². The van der Waals surface area contributed by atoms with Crippen LogP contribution in [0.3, 0.4) is 0 Å². The lowest BCUT2D eigenvalue weighted by molar-refractivity contribution is 0.319. The highest BCUT2D eigenvalue weighted by atomic mass is 16.5. The number of nitrogen functional groups attached to an aromatic ring is 1. The zero-order chi connectivity index (χ0) is 14.5. The van der Waals surface area contributed by atoms with Crippen molar-refractivity contribution in [2.24, 2.45) is 7.05 Å². The van der Waals surface area contributed by atoms with Gasteiger partial charge in [0.1, 0.15) is 12.1 Å². The molecule has 0 aliphatic heterocycles. The Morgan fingerprint density at radius 3 is 2.90 bits per heavy atom. The minimum atomic E-state index is 0.00576. The summed E-state index contributed by atoms with van der Waals surface area (Å²) < 4.78 is 7.50. The summed E-state index contributed by atoms with van der Waals surface area (Å²) in [5.41, 5.74) is 7.60. The Kier molecular flexibility index (Phi) is 4.45. The van der Waals surface area contributed by atoms with Gasteiger partial charge >= 0.3 is 0 Å². The molecule has 6 nitrogen and oxygen atoms in total. The second-order valence-corrected chi connectivity index (χ2v) is 4.73. The standard InChI is InChI=1S/C14H21N5O/c1-4-8-20-12-7-5-6-11(13(12)15)17-10(2)14-18-16-9-19(14)3/h5-7,9-10,17H,4,8,15H2,1-3H3. The first kappa shape index (κ1) is 14.2. The van der Waals surface area contributed by atoms with Crippen LogP contribution in [0.15, 0.2) is 24.5 Å². The molecule has 1 heterocycles. The lowest BCUT2D eigenvalue weighted by Gasteiger charge is -2.17. The number of hydrogen-bond donors (Lipinski definition) is 2. The largest absolute Gasteiger partial charge is 0.491 e. The van der Waals surface area contributed by atoms with Gasteiger partial charge in [-0.15, -0.1) is 10.2 Å². The van der Waals surface area contributed by atoms with E-state index < -0.39 is 0 Å². The number of ether oxygens (including phenoxy) is 1. The van der Waals surface area contributed by atoms with Crippen LogP contribution in [-0.4, -0.2) is 21.4 Å². The molecule has 0 saturated carbocycles. The van der Waals surface area contributed by atoms with E-state index in [1.807, 2.05) is 36.7 Å². The van der Waals surface area contributed by atoms with Gasteiger partial charge in [-0.1, -0.05) is 13.0 Å². The molecular formula is C14H21N5O. The minimum absolute atomic E-state index is 0.00576. The van der Waals surface area contributed by atoms with Gasteiger partial charge in [0.2, 0.25) is 0 Å². The maximum Gasteiger partial charge on any atom is 0.154 e. The summed E-state index contributed by atoms with van der Waals surface area (Å²) in [6.45, 7) is 4.74. The van der Waals surface area contributed by atoms with Gasteiger partial charge in [-0.25, -0.2) is 0 Å². The topological polar surface area (TPSA) is 78.0 Å². The van der Waals surface area contributed by atoms with E-state index in [1.54, 1.807) is 6.33 Å². The van der Waals surface area contributed by atoms with Crippen molar-refractivity contribution in [3.63, 3.8) is 0 Å². The number of hydrogen-bond acceptors (Lipinski definition) is 5. The Balaban J connectivity index is 2.15. The van der Waals surface area contributed by atoms with E-state index in [9.17, 15) is 0 Å². The fraction of sp³-hybridized carbons (Fsp3) is 0.429. The highest BCUT2D eigenvalue weighted by Crippen LogP contribution is 2.31. The molecule has 0 amide bonds. The second-order valence-electron chi connectivity index (χ2n) is 4.73. The maximum atomic E-state index is 6.13. The molecule has 1 aromatic heterocycles. The van der Waals surface area contributed by atoms with Crippen LogP contribution in [0.2, 0.25) is 0 Å². The first-order valence-corrected chi connectivity index (χ1v) is 6.75. The molecule has 0 spiro atoms. The number of rotatable bonds is 6. The zero-order valence-electron chi connectivity index (χ0n) is 12.1. The Bertz CT molecular complexity index is 566. The molecule has 0 aliphatic rings. The van der Waals surface area contributed by atoms with Crippen molar-refractivity contribution in [3.05, 3.63) is 30.4 Å². The average molecular weight is 275 g/mol. The van der Waals surface area contributed by atoms with Crippen molar-refractivity contribution >= 4 is 11.4 Å². The maximum absolute atomic E-state index is 6.13. The van der Waals surface area contributed by atoms with Crippen LogP contribution in [-0.2, 0) is 7.05 Å². The van der Waals surface area contributed by atoms with E-state index in [1.165, 1.54) is 0 Å². The van der Waals surface area contributed by atoms with Crippen molar-refractivity contribution in [3.8, 4) is 5.75 Å². The lowest BCUT2D eigenvalue weighted by atomic mass is 10.2. The molecule has 6 heteroatoms. The quantitative estimate of drug-likeness (QED) is 0.791. The van der Waals surface area contributed by atoms with E-state index in [0.717, 1.165) is 17.9 Å². The molecule has 1 atom stereocenters. The number of aromatic nitrogens is 3. The number of aryl methyl sites for hydroxylation is 1. The Labute approximate surface area is 119 Å². The van der Waals surface area contributed by atoms with Crippen LogP contribution in [0.25, 0.3) is 0 Å². The smallest absolute Gasteiger partial charge is 0.154 e. The van der Waals surface area contributed by atoms with Gasteiger partial charge in [0.15, 0.2) is 5.82 Å². The van der Waals surface area contributed by atoms with Crippen LogP contribution in [0, 0.1) is 0 Å². The van der Waals surface area contributed by atoms with Gasteiger partial charge in [0, 0.05) is 7.05 Å². The summed E-state index contributed by atoms with van der Waals surface area (Å²) >= 11 is 0. The summed E-state index contributed by atoms with van der Waals surface area (Å²) in [4.78, 5) is 0. The van der Waals surface area contributed by atoms with Crippen molar-refractivity contribution in [1.29, 1.82) is 0 Å². The Morgan fingerprint density at radius 1 is 1.45 bits per heavy atom. The molecule has 0 aliphatic carbocycles. The molecule has 108 valence electrons. The number of anilines is 2. The molecular weight excluding hydrogens is 254 g/mol. The second kappa shape index (κ2) is 6.27. The van der Waals surface area contributed by atoms with E-state index in [4.69, 9.17) is 10.5 Å². The molecule has 0 bridgehead atoms. The number of benzene rings is 1. The number of para-hydroxylation sites is 1. The van der Waals surface area contributed by atoms with Crippen molar-refractivity contribution in [2.45, 2.75) is 26.3 Å². The van der Waals surface area contributed by atoms with Gasteiger partial charge in [-0.2, -0.15) is 0 Å². The SMILES string of the molecule is CCCOc1cccc(NC(C)c2nncn2C)c1N. The van der Waals surface area contributed by atoms with Gasteiger partial charge in [0.05, 0.1) is 24.0 Å². The van der Waals surface area contributed by atoms with E-state index in [2.05, 4.69) is 22.4 Å². The molecule has 20 heavy (non-hydrogen) atoms. The molecule has 2 aromatic rings. The third-order valence-electron chi connectivity index (χ3n) is 3.03. The molecule has 0 saturated heterocycles. The number of nitrogens with two attached hydrogens (primary N) is 1. The molecule has 3 N–H and O–H groups in total. The molecule has 2 rings (SSSR count). The summed E-state index contributed by atoms with van der Waals surface area (Å²) in [6.07, 6.45) is 2.63. The van der Waals surface area contributed by atoms with Crippen molar-refractivity contribution < 1.29 is 4.74 Å².